The molecule has 0 bridgehead atoms. The molecule has 5 N–H and O–H groups in total. The second kappa shape index (κ2) is 4.36. The molecule has 14 heavy (non-hydrogen) atoms. The quantitative estimate of drug-likeness (QED) is 0.633. The molecule has 1 heterocycles. The Morgan fingerprint density at radius 2 is 2.36 bits per heavy atom. The smallest absolute Gasteiger partial charge is 0.336 e. The van der Waals surface area contributed by atoms with Crippen LogP contribution in [0.3, 0.4) is 0 Å². The molecule has 0 aromatic carbocycles. The second-order valence-electron chi connectivity index (χ2n) is 2.74. The molecule has 1 aromatic rings. The maximum atomic E-state index is 10.8. The standard InChI is InChI=1S/C8H10ClN3O2/c9-7-1-4(8(13)14)5(3-12-7)6(11)2-10/h1,3,6H,2,10-11H2,(H,13,14)/t6-/m1/s1. The fourth-order valence-electron chi connectivity index (χ4n) is 1.05. The monoisotopic (exact) mass is 215 g/mol. The minimum atomic E-state index is -1.09. The Balaban J connectivity index is 3.21. The van der Waals surface area contributed by atoms with Crippen molar-refractivity contribution in [2.75, 3.05) is 6.54 Å². The van der Waals surface area contributed by atoms with E-state index < -0.39 is 12.0 Å². The number of carboxylic acids is 1. The highest BCUT2D eigenvalue weighted by Crippen LogP contribution is 2.17. The highest BCUT2D eigenvalue weighted by molar-refractivity contribution is 6.29. The molecule has 0 amide bonds. The summed E-state index contributed by atoms with van der Waals surface area (Å²) < 4.78 is 0. The number of pyridine rings is 1. The molecule has 0 radical (unpaired) electrons. The van der Waals surface area contributed by atoms with Crippen LogP contribution in [0, 0.1) is 0 Å². The summed E-state index contributed by atoms with van der Waals surface area (Å²) in [5.74, 6) is -1.09. The summed E-state index contributed by atoms with van der Waals surface area (Å²) in [5, 5.41) is 8.97. The van der Waals surface area contributed by atoms with Crippen LogP contribution < -0.4 is 11.5 Å². The summed E-state index contributed by atoms with van der Waals surface area (Å²) in [4.78, 5) is 14.6. The first-order valence-corrected chi connectivity index (χ1v) is 4.28. The molecule has 6 heteroatoms. The van der Waals surface area contributed by atoms with Crippen LogP contribution in [0.15, 0.2) is 12.3 Å². The van der Waals surface area contributed by atoms with E-state index in [0.717, 1.165) is 0 Å². The summed E-state index contributed by atoms with van der Waals surface area (Å²) in [7, 11) is 0. The molecular weight excluding hydrogens is 206 g/mol. The second-order valence-corrected chi connectivity index (χ2v) is 3.13. The fourth-order valence-corrected chi connectivity index (χ4v) is 1.21. The van der Waals surface area contributed by atoms with Crippen molar-refractivity contribution in [2.24, 2.45) is 11.5 Å². The number of halogens is 1. The average molecular weight is 216 g/mol. The van der Waals surface area contributed by atoms with Gasteiger partial charge in [-0.15, -0.1) is 0 Å². The van der Waals surface area contributed by atoms with Crippen LogP contribution in [0.5, 0.6) is 0 Å². The number of nitrogens with two attached hydrogens (primary N) is 2. The van der Waals surface area contributed by atoms with Gasteiger partial charge in [0, 0.05) is 24.3 Å². The van der Waals surface area contributed by atoms with E-state index in [1.165, 1.54) is 12.3 Å². The van der Waals surface area contributed by atoms with E-state index in [4.69, 9.17) is 28.2 Å². The van der Waals surface area contributed by atoms with E-state index >= 15 is 0 Å². The van der Waals surface area contributed by atoms with Gasteiger partial charge < -0.3 is 16.6 Å². The number of carbonyl (C=O) groups is 1. The molecule has 0 unspecified atom stereocenters. The third kappa shape index (κ3) is 2.20. The van der Waals surface area contributed by atoms with Gasteiger partial charge in [-0.25, -0.2) is 9.78 Å². The topological polar surface area (TPSA) is 102 Å². The maximum absolute atomic E-state index is 10.8. The highest BCUT2D eigenvalue weighted by Gasteiger charge is 2.15. The Hall–Kier alpha value is -1.17. The summed E-state index contributed by atoms with van der Waals surface area (Å²) in [6, 6.07) is 0.722. The minimum absolute atomic E-state index is 0.0444. The van der Waals surface area contributed by atoms with Crippen molar-refractivity contribution in [1.29, 1.82) is 0 Å². The zero-order chi connectivity index (χ0) is 10.7. The lowest BCUT2D eigenvalue weighted by molar-refractivity contribution is 0.0695. The predicted molar refractivity (Wildman–Crippen MR) is 52.2 cm³/mol. The minimum Gasteiger partial charge on any atom is -0.478 e. The van der Waals surface area contributed by atoms with Crippen molar-refractivity contribution >= 4 is 17.6 Å². The third-order valence-electron chi connectivity index (χ3n) is 1.79. The van der Waals surface area contributed by atoms with Gasteiger partial charge in [-0.1, -0.05) is 11.6 Å². The van der Waals surface area contributed by atoms with Crippen LogP contribution in [0.4, 0.5) is 0 Å². The zero-order valence-corrected chi connectivity index (χ0v) is 8.03. The van der Waals surface area contributed by atoms with E-state index in [1.54, 1.807) is 0 Å². The number of hydrogen-bond acceptors (Lipinski definition) is 4. The van der Waals surface area contributed by atoms with Crippen molar-refractivity contribution in [2.45, 2.75) is 6.04 Å². The number of aromatic carboxylic acids is 1. The first kappa shape index (κ1) is 10.9. The third-order valence-corrected chi connectivity index (χ3v) is 1.99. The Labute approximate surface area is 85.7 Å². The lowest BCUT2D eigenvalue weighted by Crippen LogP contribution is -2.23. The van der Waals surface area contributed by atoms with Crippen LogP contribution in [0.25, 0.3) is 0 Å². The molecule has 0 spiro atoms. The molecule has 1 rings (SSSR count). The van der Waals surface area contributed by atoms with E-state index in [0.29, 0.717) is 5.56 Å². The van der Waals surface area contributed by atoms with Crippen LogP contribution >= 0.6 is 11.6 Å². The molecule has 0 aliphatic carbocycles. The predicted octanol–water partition coefficient (Wildman–Crippen LogP) is 0.392. The van der Waals surface area contributed by atoms with E-state index in [1.807, 2.05) is 0 Å². The fraction of sp³-hybridized carbons (Fsp3) is 0.250. The van der Waals surface area contributed by atoms with Gasteiger partial charge in [0.05, 0.1) is 5.56 Å². The Morgan fingerprint density at radius 3 is 2.86 bits per heavy atom. The van der Waals surface area contributed by atoms with Gasteiger partial charge in [0.15, 0.2) is 0 Å². The lowest BCUT2D eigenvalue weighted by atomic mass is 10.0. The number of hydrogen-bond donors (Lipinski definition) is 3. The molecule has 1 atom stereocenters. The summed E-state index contributed by atoms with van der Waals surface area (Å²) in [6.07, 6.45) is 1.34. The van der Waals surface area contributed by atoms with Crippen molar-refractivity contribution in [3.05, 3.63) is 28.5 Å². The Bertz CT molecular complexity index is 356. The van der Waals surface area contributed by atoms with Crippen molar-refractivity contribution in [3.63, 3.8) is 0 Å². The molecule has 0 saturated carbocycles. The van der Waals surface area contributed by atoms with Gasteiger partial charge in [0.2, 0.25) is 0 Å². The van der Waals surface area contributed by atoms with Gasteiger partial charge >= 0.3 is 5.97 Å². The largest absolute Gasteiger partial charge is 0.478 e. The first-order chi connectivity index (χ1) is 6.56. The van der Waals surface area contributed by atoms with E-state index in [2.05, 4.69) is 4.98 Å². The first-order valence-electron chi connectivity index (χ1n) is 3.90. The zero-order valence-electron chi connectivity index (χ0n) is 7.27. The van der Waals surface area contributed by atoms with Crippen molar-refractivity contribution in [3.8, 4) is 0 Å². The Kier molecular flexibility index (Phi) is 3.40. The van der Waals surface area contributed by atoms with Gasteiger partial charge in [-0.05, 0) is 6.07 Å². The van der Waals surface area contributed by atoms with Gasteiger partial charge in [-0.3, -0.25) is 0 Å². The molecular formula is C8H10ClN3O2. The normalized spacial score (nSPS) is 12.5. The van der Waals surface area contributed by atoms with E-state index in [-0.39, 0.29) is 17.3 Å². The van der Waals surface area contributed by atoms with E-state index in [9.17, 15) is 4.79 Å². The molecule has 76 valence electrons. The SMILES string of the molecule is NC[C@@H](N)c1cnc(Cl)cc1C(=O)O. The number of carboxylic acid groups (broad SMARTS) is 1. The van der Waals surface area contributed by atoms with Crippen LogP contribution in [-0.4, -0.2) is 22.6 Å². The molecule has 1 aromatic heterocycles. The summed E-state index contributed by atoms with van der Waals surface area (Å²) in [5.41, 5.74) is 11.4. The van der Waals surface area contributed by atoms with Crippen molar-refractivity contribution in [1.82, 2.24) is 4.98 Å². The summed E-state index contributed by atoms with van der Waals surface area (Å²) >= 11 is 5.56. The average Bonchev–Trinajstić information content (AvgIpc) is 2.16. The van der Waals surface area contributed by atoms with Gasteiger partial charge in [-0.2, -0.15) is 0 Å². The highest BCUT2D eigenvalue weighted by atomic mass is 35.5. The summed E-state index contributed by atoms with van der Waals surface area (Å²) in [6.45, 7) is 0.156. The number of rotatable bonds is 3. The number of nitrogens with zero attached hydrogens (tertiary/aromatic N) is 1. The molecule has 0 saturated heterocycles. The molecule has 0 fully saturated rings. The number of aromatic nitrogens is 1. The maximum Gasteiger partial charge on any atom is 0.336 e. The van der Waals surface area contributed by atoms with Crippen LogP contribution in [0.2, 0.25) is 5.15 Å². The van der Waals surface area contributed by atoms with Crippen LogP contribution in [0.1, 0.15) is 22.0 Å². The van der Waals surface area contributed by atoms with Gasteiger partial charge in [0.25, 0.3) is 0 Å². The van der Waals surface area contributed by atoms with Gasteiger partial charge in [0.1, 0.15) is 5.15 Å². The molecule has 0 aliphatic heterocycles. The van der Waals surface area contributed by atoms with Crippen molar-refractivity contribution < 1.29 is 9.90 Å². The molecule has 5 nitrogen and oxygen atoms in total. The van der Waals surface area contributed by atoms with Crippen LogP contribution in [-0.2, 0) is 0 Å². The lowest BCUT2D eigenvalue weighted by Gasteiger charge is -2.11. The Morgan fingerprint density at radius 1 is 1.71 bits per heavy atom. The molecule has 0 aliphatic rings.